The monoisotopic (exact) mass is 378 g/mol. The summed E-state index contributed by atoms with van der Waals surface area (Å²) in [6.45, 7) is 0.163. The third kappa shape index (κ3) is 3.29. The van der Waals surface area contributed by atoms with Gasteiger partial charge in [-0.1, -0.05) is 0 Å². The molecule has 2 heterocycles. The lowest BCUT2D eigenvalue weighted by Crippen LogP contribution is -2.22. The van der Waals surface area contributed by atoms with Crippen LogP contribution in [0.5, 0.6) is 0 Å². The molecule has 9 heteroatoms. The number of sulfonamides is 1. The number of carboxylic acids is 1. The number of rotatable bonds is 5. The summed E-state index contributed by atoms with van der Waals surface area (Å²) < 4.78 is 28.8. The van der Waals surface area contributed by atoms with E-state index in [1.165, 1.54) is 29.1 Å². The molecule has 0 unspecified atom stereocenters. The molecule has 0 aromatic carbocycles. The highest BCUT2D eigenvalue weighted by molar-refractivity contribution is 9.11. The van der Waals surface area contributed by atoms with E-state index in [4.69, 9.17) is 5.11 Å². The van der Waals surface area contributed by atoms with Gasteiger partial charge >= 0.3 is 5.97 Å². The lowest BCUT2D eigenvalue weighted by Gasteiger charge is -2.02. The molecule has 0 saturated carbocycles. The van der Waals surface area contributed by atoms with E-state index >= 15 is 0 Å². The average molecular weight is 379 g/mol. The standard InChI is InChI=1S/C11H11BrN2O4S2/c1-14-6-8(4-9(14)11(15)16)20(17,18)13-5-7-2-3-10(12)19-7/h2-4,6,13H,5H2,1H3,(H,15,16). The van der Waals surface area contributed by atoms with Crippen LogP contribution in [0, 0.1) is 0 Å². The summed E-state index contributed by atoms with van der Waals surface area (Å²) >= 11 is 4.73. The van der Waals surface area contributed by atoms with Crippen molar-refractivity contribution in [1.29, 1.82) is 0 Å². The van der Waals surface area contributed by atoms with Gasteiger partial charge in [0.2, 0.25) is 10.0 Å². The van der Waals surface area contributed by atoms with Crippen LogP contribution in [0.2, 0.25) is 0 Å². The predicted octanol–water partition coefficient (Wildman–Crippen LogP) is 2.03. The summed E-state index contributed by atoms with van der Waals surface area (Å²) in [5.41, 5.74) is -0.0794. The zero-order valence-electron chi connectivity index (χ0n) is 10.3. The third-order valence-corrected chi connectivity index (χ3v) is 5.57. The molecule has 0 spiro atoms. The zero-order chi connectivity index (χ0) is 14.9. The summed E-state index contributed by atoms with van der Waals surface area (Å²) in [6, 6.07) is 4.78. The molecular weight excluding hydrogens is 368 g/mol. The minimum atomic E-state index is -3.73. The largest absolute Gasteiger partial charge is 0.477 e. The van der Waals surface area contributed by atoms with Gasteiger partial charge in [-0.3, -0.25) is 0 Å². The van der Waals surface area contributed by atoms with Crippen LogP contribution < -0.4 is 4.72 Å². The van der Waals surface area contributed by atoms with Crippen molar-refractivity contribution in [3.8, 4) is 0 Å². The number of carbonyl (C=O) groups is 1. The fourth-order valence-corrected chi connectivity index (χ4v) is 4.18. The number of aromatic nitrogens is 1. The normalized spacial score (nSPS) is 11.7. The molecule has 0 radical (unpaired) electrons. The van der Waals surface area contributed by atoms with Crippen LogP contribution in [-0.2, 0) is 23.6 Å². The molecule has 0 fully saturated rings. The number of halogens is 1. The Morgan fingerprint density at radius 1 is 1.50 bits per heavy atom. The van der Waals surface area contributed by atoms with E-state index in [2.05, 4.69) is 20.7 Å². The van der Waals surface area contributed by atoms with Crippen LogP contribution in [-0.4, -0.2) is 24.1 Å². The van der Waals surface area contributed by atoms with Gasteiger partial charge in [-0.15, -0.1) is 11.3 Å². The van der Waals surface area contributed by atoms with Crippen LogP contribution in [0.25, 0.3) is 0 Å². The quantitative estimate of drug-likeness (QED) is 0.832. The molecule has 0 amide bonds. The number of nitrogens with zero attached hydrogens (tertiary/aromatic N) is 1. The van der Waals surface area contributed by atoms with Gasteiger partial charge in [-0.25, -0.2) is 17.9 Å². The average Bonchev–Trinajstić information content (AvgIpc) is 2.93. The molecule has 0 atom stereocenters. The highest BCUT2D eigenvalue weighted by Gasteiger charge is 2.20. The first-order valence-corrected chi connectivity index (χ1v) is 8.52. The van der Waals surface area contributed by atoms with Gasteiger partial charge in [-0.2, -0.15) is 0 Å². The van der Waals surface area contributed by atoms with E-state index < -0.39 is 16.0 Å². The third-order valence-electron chi connectivity index (χ3n) is 2.57. The van der Waals surface area contributed by atoms with Gasteiger partial charge in [-0.05, 0) is 34.1 Å². The van der Waals surface area contributed by atoms with Crippen molar-refractivity contribution in [2.45, 2.75) is 11.4 Å². The SMILES string of the molecule is Cn1cc(S(=O)(=O)NCc2ccc(Br)s2)cc1C(=O)O. The number of nitrogens with one attached hydrogen (secondary N) is 1. The molecule has 0 bridgehead atoms. The van der Waals surface area contributed by atoms with Crippen LogP contribution >= 0.6 is 27.3 Å². The van der Waals surface area contributed by atoms with Crippen LogP contribution in [0.4, 0.5) is 0 Å². The number of aryl methyl sites for hydroxylation is 1. The number of thiophene rings is 1. The molecule has 20 heavy (non-hydrogen) atoms. The highest BCUT2D eigenvalue weighted by atomic mass is 79.9. The first-order valence-electron chi connectivity index (χ1n) is 5.43. The Balaban J connectivity index is 2.18. The highest BCUT2D eigenvalue weighted by Crippen LogP contribution is 2.22. The fourth-order valence-electron chi connectivity index (χ4n) is 1.59. The summed E-state index contributed by atoms with van der Waals surface area (Å²) in [6.07, 6.45) is 1.27. The second kappa shape index (κ2) is 5.68. The number of hydrogen-bond acceptors (Lipinski definition) is 4. The summed E-state index contributed by atoms with van der Waals surface area (Å²) in [5, 5.41) is 8.92. The lowest BCUT2D eigenvalue weighted by molar-refractivity contribution is 0.0686. The van der Waals surface area contributed by atoms with Gasteiger partial charge in [0.15, 0.2) is 0 Å². The van der Waals surface area contributed by atoms with E-state index in [1.54, 1.807) is 0 Å². The summed E-state index contributed by atoms with van der Waals surface area (Å²) in [7, 11) is -2.24. The Kier molecular flexibility index (Phi) is 4.33. The first-order chi connectivity index (χ1) is 9.29. The topological polar surface area (TPSA) is 88.4 Å². The van der Waals surface area contributed by atoms with Crippen molar-refractivity contribution in [1.82, 2.24) is 9.29 Å². The lowest BCUT2D eigenvalue weighted by atomic mass is 10.4. The minimum Gasteiger partial charge on any atom is -0.477 e. The maximum atomic E-state index is 12.1. The molecule has 0 saturated heterocycles. The van der Waals surface area contributed by atoms with Gasteiger partial charge < -0.3 is 9.67 Å². The number of carboxylic acid groups (broad SMARTS) is 1. The molecular formula is C11H11BrN2O4S2. The summed E-state index contributed by atoms with van der Waals surface area (Å²) in [5.74, 6) is -1.17. The van der Waals surface area contributed by atoms with Crippen molar-refractivity contribution < 1.29 is 18.3 Å². The Hall–Kier alpha value is -1.16. The zero-order valence-corrected chi connectivity index (χ0v) is 13.5. The Morgan fingerprint density at radius 2 is 2.20 bits per heavy atom. The van der Waals surface area contributed by atoms with Crippen molar-refractivity contribution in [2.75, 3.05) is 0 Å². The van der Waals surface area contributed by atoms with Crippen LogP contribution in [0.3, 0.4) is 0 Å². The molecule has 108 valence electrons. The Morgan fingerprint density at radius 3 is 2.70 bits per heavy atom. The molecule has 0 aliphatic heterocycles. The van der Waals surface area contributed by atoms with Crippen LogP contribution in [0.1, 0.15) is 15.4 Å². The van der Waals surface area contributed by atoms with E-state index in [0.717, 1.165) is 14.7 Å². The maximum Gasteiger partial charge on any atom is 0.352 e. The number of aromatic carboxylic acids is 1. The Bertz CT molecular complexity index is 748. The molecule has 0 aliphatic rings. The molecule has 6 nitrogen and oxygen atoms in total. The van der Waals surface area contributed by atoms with Gasteiger partial charge in [0.1, 0.15) is 10.6 Å². The fraction of sp³-hybridized carbons (Fsp3) is 0.182. The molecule has 2 aromatic rings. The smallest absolute Gasteiger partial charge is 0.352 e. The van der Waals surface area contributed by atoms with E-state index in [-0.39, 0.29) is 17.1 Å². The Labute approximate surface area is 128 Å². The van der Waals surface area contributed by atoms with Crippen molar-refractivity contribution in [3.05, 3.63) is 38.8 Å². The molecule has 2 N–H and O–H groups in total. The van der Waals surface area contributed by atoms with E-state index in [9.17, 15) is 13.2 Å². The second-order valence-corrected chi connectivity index (χ2v) is 8.32. The van der Waals surface area contributed by atoms with Crippen molar-refractivity contribution in [3.63, 3.8) is 0 Å². The first kappa shape index (κ1) is 15.2. The van der Waals surface area contributed by atoms with Crippen LogP contribution in [0.15, 0.2) is 33.1 Å². The molecule has 2 aromatic heterocycles. The van der Waals surface area contributed by atoms with Gasteiger partial charge in [0.25, 0.3) is 0 Å². The van der Waals surface area contributed by atoms with Crippen molar-refractivity contribution >= 4 is 43.3 Å². The molecule has 2 rings (SSSR count). The minimum absolute atomic E-state index is 0.0620. The predicted molar refractivity (Wildman–Crippen MR) is 78.4 cm³/mol. The van der Waals surface area contributed by atoms with E-state index in [1.807, 2.05) is 12.1 Å². The van der Waals surface area contributed by atoms with E-state index in [0.29, 0.717) is 0 Å². The van der Waals surface area contributed by atoms with Gasteiger partial charge in [0, 0.05) is 24.7 Å². The van der Waals surface area contributed by atoms with Crippen molar-refractivity contribution in [2.24, 2.45) is 7.05 Å². The number of hydrogen-bond donors (Lipinski definition) is 2. The summed E-state index contributed by atoms with van der Waals surface area (Å²) in [4.78, 5) is 11.7. The van der Waals surface area contributed by atoms with Gasteiger partial charge in [0.05, 0.1) is 3.79 Å². The maximum absolute atomic E-state index is 12.1. The second-order valence-electron chi connectivity index (χ2n) is 4.01. The molecule has 0 aliphatic carbocycles.